The summed E-state index contributed by atoms with van der Waals surface area (Å²) < 4.78 is 5.61. The van der Waals surface area contributed by atoms with Gasteiger partial charge in [-0.3, -0.25) is 4.90 Å². The molecule has 180 valence electrons. The van der Waals surface area contributed by atoms with Crippen LogP contribution in [0.15, 0.2) is 78.9 Å². The Hall–Kier alpha value is -3.62. The molecule has 1 aliphatic rings. The standard InChI is InChI=1S/C30H33N3O2/c1-30(2,3)35-29(34)25-12-8-14-28(20-25)33(27-13-7-11-24(19-27)21-31)26-15-17-32(18-16-26)22-23-9-5-4-6-10-23/h4-14,19-20,26H,15-18,22H2,1-3H3. The van der Waals surface area contributed by atoms with Crippen LogP contribution in [0.1, 0.15) is 55.1 Å². The van der Waals surface area contributed by atoms with Crippen LogP contribution >= 0.6 is 0 Å². The Morgan fingerprint density at radius 1 is 0.971 bits per heavy atom. The summed E-state index contributed by atoms with van der Waals surface area (Å²) in [4.78, 5) is 17.6. The van der Waals surface area contributed by atoms with Gasteiger partial charge in [-0.2, -0.15) is 5.26 Å². The molecule has 3 aromatic carbocycles. The summed E-state index contributed by atoms with van der Waals surface area (Å²) in [7, 11) is 0. The van der Waals surface area contributed by atoms with Crippen LogP contribution in [0.4, 0.5) is 11.4 Å². The molecule has 35 heavy (non-hydrogen) atoms. The third kappa shape index (κ3) is 6.49. The fraction of sp³-hybridized carbons (Fsp3) is 0.333. The third-order valence-corrected chi connectivity index (χ3v) is 6.18. The van der Waals surface area contributed by atoms with Crippen molar-refractivity contribution in [3.05, 3.63) is 95.6 Å². The van der Waals surface area contributed by atoms with Crippen molar-refractivity contribution in [3.63, 3.8) is 0 Å². The lowest BCUT2D eigenvalue weighted by Gasteiger charge is -2.40. The minimum absolute atomic E-state index is 0.254. The number of nitriles is 1. The summed E-state index contributed by atoms with van der Waals surface area (Å²) in [6, 6.07) is 28.4. The number of likely N-dealkylation sites (tertiary alicyclic amines) is 1. The van der Waals surface area contributed by atoms with E-state index in [9.17, 15) is 10.1 Å². The predicted octanol–water partition coefficient (Wildman–Crippen LogP) is 6.32. The number of piperidine rings is 1. The van der Waals surface area contributed by atoms with Gasteiger partial charge in [0.05, 0.1) is 17.2 Å². The molecule has 0 bridgehead atoms. The van der Waals surface area contributed by atoms with Crippen LogP contribution in [0.3, 0.4) is 0 Å². The largest absolute Gasteiger partial charge is 0.456 e. The van der Waals surface area contributed by atoms with E-state index < -0.39 is 5.60 Å². The van der Waals surface area contributed by atoms with Gasteiger partial charge in [-0.1, -0.05) is 42.5 Å². The molecule has 5 heteroatoms. The molecule has 0 N–H and O–H groups in total. The second-order valence-corrected chi connectivity index (χ2v) is 10.1. The molecule has 0 aromatic heterocycles. The second-order valence-electron chi connectivity index (χ2n) is 10.1. The van der Waals surface area contributed by atoms with Crippen molar-refractivity contribution in [1.29, 1.82) is 5.26 Å². The van der Waals surface area contributed by atoms with Crippen LogP contribution in [-0.4, -0.2) is 35.6 Å². The molecule has 3 aromatic rings. The Morgan fingerprint density at radius 3 is 2.29 bits per heavy atom. The first-order chi connectivity index (χ1) is 16.8. The highest BCUT2D eigenvalue weighted by atomic mass is 16.6. The number of benzene rings is 3. The number of esters is 1. The van der Waals surface area contributed by atoms with Gasteiger partial charge >= 0.3 is 5.97 Å². The van der Waals surface area contributed by atoms with Crippen molar-refractivity contribution >= 4 is 17.3 Å². The van der Waals surface area contributed by atoms with E-state index in [1.807, 2.05) is 69.3 Å². The molecule has 1 fully saturated rings. The van der Waals surface area contributed by atoms with Crippen molar-refractivity contribution in [3.8, 4) is 6.07 Å². The van der Waals surface area contributed by atoms with Gasteiger partial charge in [-0.15, -0.1) is 0 Å². The van der Waals surface area contributed by atoms with Crippen molar-refractivity contribution in [2.24, 2.45) is 0 Å². The smallest absolute Gasteiger partial charge is 0.338 e. The lowest BCUT2D eigenvalue weighted by Crippen LogP contribution is -2.43. The van der Waals surface area contributed by atoms with Crippen molar-refractivity contribution in [1.82, 2.24) is 4.90 Å². The summed E-state index contributed by atoms with van der Waals surface area (Å²) in [5, 5.41) is 9.49. The Balaban J connectivity index is 1.59. The number of anilines is 2. The summed E-state index contributed by atoms with van der Waals surface area (Å²) in [6.07, 6.45) is 1.97. The summed E-state index contributed by atoms with van der Waals surface area (Å²) in [5.41, 5.74) is 3.82. The minimum atomic E-state index is -0.556. The van der Waals surface area contributed by atoms with Crippen LogP contribution in [-0.2, 0) is 11.3 Å². The van der Waals surface area contributed by atoms with E-state index in [2.05, 4.69) is 40.1 Å². The first-order valence-corrected chi connectivity index (χ1v) is 12.2. The SMILES string of the molecule is CC(C)(C)OC(=O)c1cccc(N(c2cccc(C#N)c2)C2CCN(Cc3ccccc3)CC2)c1. The average Bonchev–Trinajstić information content (AvgIpc) is 2.85. The molecule has 5 nitrogen and oxygen atoms in total. The van der Waals surface area contributed by atoms with Gasteiger partial charge in [0.2, 0.25) is 0 Å². The zero-order chi connectivity index (χ0) is 24.8. The highest BCUT2D eigenvalue weighted by Gasteiger charge is 2.27. The Morgan fingerprint density at radius 2 is 1.63 bits per heavy atom. The normalized spacial score (nSPS) is 14.8. The van der Waals surface area contributed by atoms with E-state index in [-0.39, 0.29) is 12.0 Å². The zero-order valence-electron chi connectivity index (χ0n) is 20.8. The predicted molar refractivity (Wildman–Crippen MR) is 140 cm³/mol. The highest BCUT2D eigenvalue weighted by molar-refractivity contribution is 5.91. The molecule has 1 aliphatic heterocycles. The maximum atomic E-state index is 12.8. The van der Waals surface area contributed by atoms with Gasteiger partial charge in [0.1, 0.15) is 5.60 Å². The molecule has 1 heterocycles. The van der Waals surface area contributed by atoms with E-state index in [1.165, 1.54) is 5.56 Å². The van der Waals surface area contributed by atoms with Crippen LogP contribution in [0.25, 0.3) is 0 Å². The Bertz CT molecular complexity index is 1190. The lowest BCUT2D eigenvalue weighted by atomic mass is 9.99. The van der Waals surface area contributed by atoms with E-state index in [0.717, 1.165) is 43.9 Å². The molecule has 0 saturated carbocycles. The highest BCUT2D eigenvalue weighted by Crippen LogP contribution is 2.33. The minimum Gasteiger partial charge on any atom is -0.456 e. The number of hydrogen-bond acceptors (Lipinski definition) is 5. The molecule has 0 spiro atoms. The van der Waals surface area contributed by atoms with E-state index >= 15 is 0 Å². The maximum absolute atomic E-state index is 12.8. The number of carbonyl (C=O) groups excluding carboxylic acids is 1. The van der Waals surface area contributed by atoms with Gasteiger partial charge in [0, 0.05) is 37.1 Å². The Kier molecular flexibility index (Phi) is 7.53. The number of rotatable bonds is 6. The summed E-state index contributed by atoms with van der Waals surface area (Å²) in [5.74, 6) is -0.331. The Labute approximate surface area is 208 Å². The monoisotopic (exact) mass is 467 g/mol. The number of hydrogen-bond donors (Lipinski definition) is 0. The molecular formula is C30H33N3O2. The van der Waals surface area contributed by atoms with Gasteiger partial charge in [0.15, 0.2) is 0 Å². The molecule has 0 radical (unpaired) electrons. The van der Waals surface area contributed by atoms with E-state index in [4.69, 9.17) is 4.74 Å². The molecular weight excluding hydrogens is 434 g/mol. The number of nitrogens with zero attached hydrogens (tertiary/aromatic N) is 3. The van der Waals surface area contributed by atoms with Crippen molar-refractivity contribution in [2.45, 2.75) is 51.8 Å². The van der Waals surface area contributed by atoms with Gasteiger partial charge in [0.25, 0.3) is 0 Å². The van der Waals surface area contributed by atoms with Gasteiger partial charge in [-0.05, 0) is 75.6 Å². The fourth-order valence-electron chi connectivity index (χ4n) is 4.59. The quantitative estimate of drug-likeness (QED) is 0.397. The van der Waals surface area contributed by atoms with Gasteiger partial charge in [-0.25, -0.2) is 4.79 Å². The first kappa shape index (κ1) is 24.5. The van der Waals surface area contributed by atoms with Crippen LogP contribution in [0.5, 0.6) is 0 Å². The van der Waals surface area contributed by atoms with Crippen LogP contribution < -0.4 is 4.90 Å². The summed E-state index contributed by atoms with van der Waals surface area (Å²) in [6.45, 7) is 8.54. The maximum Gasteiger partial charge on any atom is 0.338 e. The second kappa shape index (κ2) is 10.8. The third-order valence-electron chi connectivity index (χ3n) is 6.18. The van der Waals surface area contributed by atoms with Crippen LogP contribution in [0.2, 0.25) is 0 Å². The molecule has 4 rings (SSSR count). The summed E-state index contributed by atoms with van der Waals surface area (Å²) >= 11 is 0. The first-order valence-electron chi connectivity index (χ1n) is 12.2. The number of ether oxygens (including phenoxy) is 1. The molecule has 0 unspecified atom stereocenters. The molecule has 0 aliphatic carbocycles. The average molecular weight is 468 g/mol. The molecule has 0 atom stereocenters. The fourth-order valence-corrected chi connectivity index (χ4v) is 4.59. The number of carbonyl (C=O) groups is 1. The molecule has 0 amide bonds. The van der Waals surface area contributed by atoms with Gasteiger partial charge < -0.3 is 9.64 Å². The van der Waals surface area contributed by atoms with E-state index in [1.54, 1.807) is 6.07 Å². The zero-order valence-corrected chi connectivity index (χ0v) is 20.8. The lowest BCUT2D eigenvalue weighted by molar-refractivity contribution is 0.00695. The topological polar surface area (TPSA) is 56.6 Å². The molecule has 1 saturated heterocycles. The van der Waals surface area contributed by atoms with E-state index in [0.29, 0.717) is 11.1 Å². The van der Waals surface area contributed by atoms with Crippen molar-refractivity contribution in [2.75, 3.05) is 18.0 Å². The van der Waals surface area contributed by atoms with Crippen LogP contribution in [0, 0.1) is 11.3 Å². The van der Waals surface area contributed by atoms with Crippen molar-refractivity contribution < 1.29 is 9.53 Å².